The van der Waals surface area contributed by atoms with Crippen molar-refractivity contribution < 1.29 is 9.59 Å². The van der Waals surface area contributed by atoms with Crippen LogP contribution in [-0.4, -0.2) is 27.5 Å². The lowest BCUT2D eigenvalue weighted by molar-refractivity contribution is -0.121. The molecule has 3 aromatic rings. The van der Waals surface area contributed by atoms with Crippen molar-refractivity contribution in [2.24, 2.45) is 0 Å². The molecule has 1 heterocycles. The van der Waals surface area contributed by atoms with Crippen LogP contribution < -0.4 is 16.3 Å². The zero-order valence-corrected chi connectivity index (χ0v) is 16.8. The minimum Gasteiger partial charge on any atom is -0.352 e. The number of hydrogen-bond donors (Lipinski definition) is 2. The number of carbonyl (C=O) groups excluding carboxylic acids is 2. The van der Waals surface area contributed by atoms with Gasteiger partial charge in [0, 0.05) is 38.2 Å². The van der Waals surface area contributed by atoms with Crippen molar-refractivity contribution in [3.63, 3.8) is 0 Å². The maximum Gasteiger partial charge on any atom is 0.329 e. The fourth-order valence-corrected chi connectivity index (χ4v) is 3.38. The Bertz CT molecular complexity index is 1080. The number of hydrogen-bond acceptors (Lipinski definition) is 3. The van der Waals surface area contributed by atoms with Gasteiger partial charge in [-0.25, -0.2) is 4.79 Å². The molecule has 7 nitrogen and oxygen atoms in total. The average Bonchev–Trinajstić information content (AvgIpc) is 3.01. The van der Waals surface area contributed by atoms with E-state index in [9.17, 15) is 14.4 Å². The number of rotatable bonds is 8. The van der Waals surface area contributed by atoms with Crippen LogP contribution in [-0.2, 0) is 24.4 Å². The molecule has 2 N–H and O–H groups in total. The van der Waals surface area contributed by atoms with Gasteiger partial charge >= 0.3 is 5.69 Å². The lowest BCUT2D eigenvalue weighted by Crippen LogP contribution is -2.28. The van der Waals surface area contributed by atoms with Crippen LogP contribution in [0.2, 0.25) is 0 Å². The van der Waals surface area contributed by atoms with E-state index in [1.54, 1.807) is 27.3 Å². The van der Waals surface area contributed by atoms with Crippen LogP contribution in [0.4, 0.5) is 0 Å². The Balaban J connectivity index is 1.62. The zero-order chi connectivity index (χ0) is 20.8. The van der Waals surface area contributed by atoms with Crippen LogP contribution in [0, 0.1) is 0 Å². The Morgan fingerprint density at radius 1 is 0.931 bits per heavy atom. The van der Waals surface area contributed by atoms with Crippen LogP contribution in [0.25, 0.3) is 11.0 Å². The third-order valence-electron chi connectivity index (χ3n) is 4.82. The smallest absolute Gasteiger partial charge is 0.329 e. The van der Waals surface area contributed by atoms with Gasteiger partial charge in [-0.3, -0.25) is 18.7 Å². The summed E-state index contributed by atoms with van der Waals surface area (Å²) in [6.45, 7) is 5.59. The van der Waals surface area contributed by atoms with E-state index in [1.807, 2.05) is 44.2 Å². The molecule has 2 aromatic carbocycles. The van der Waals surface area contributed by atoms with Gasteiger partial charge in [0.1, 0.15) is 0 Å². The van der Waals surface area contributed by atoms with Crippen molar-refractivity contribution in [1.82, 2.24) is 19.8 Å². The first kappa shape index (κ1) is 20.4. The van der Waals surface area contributed by atoms with Gasteiger partial charge < -0.3 is 10.6 Å². The monoisotopic (exact) mass is 394 g/mol. The van der Waals surface area contributed by atoms with E-state index in [-0.39, 0.29) is 23.9 Å². The maximum absolute atomic E-state index is 12.6. The second kappa shape index (κ2) is 9.23. The number of nitrogens with zero attached hydrogens (tertiary/aromatic N) is 2. The fourth-order valence-electron chi connectivity index (χ4n) is 3.38. The molecule has 0 aliphatic rings. The number of carbonyl (C=O) groups is 2. The molecule has 0 radical (unpaired) electrons. The number of fused-ring (bicyclic) bond motifs is 1. The van der Waals surface area contributed by atoms with E-state index in [1.165, 1.54) is 0 Å². The second-order valence-corrected chi connectivity index (χ2v) is 6.75. The van der Waals surface area contributed by atoms with Crippen molar-refractivity contribution in [1.29, 1.82) is 0 Å². The predicted octanol–water partition coefficient (Wildman–Crippen LogP) is 2.28. The SMILES string of the molecule is CCNC(=O)c1cccc(CNC(=O)CCn2c(=O)n(CC)c3ccccc32)c1. The summed E-state index contributed by atoms with van der Waals surface area (Å²) in [5.74, 6) is -0.277. The van der Waals surface area contributed by atoms with Crippen molar-refractivity contribution in [3.8, 4) is 0 Å². The number of amides is 2. The summed E-state index contributed by atoms with van der Waals surface area (Å²) in [5, 5.41) is 5.62. The Hall–Kier alpha value is -3.35. The molecule has 7 heteroatoms. The molecule has 0 aliphatic heterocycles. The standard InChI is InChI=1S/C22H26N4O3/c1-3-23-21(28)17-9-7-8-16(14-17)15-24-20(27)12-13-26-19-11-6-5-10-18(19)25(4-2)22(26)29/h5-11,14H,3-4,12-13,15H2,1-2H3,(H,23,28)(H,24,27). The van der Waals surface area contributed by atoms with Crippen LogP contribution in [0.3, 0.4) is 0 Å². The number of aromatic nitrogens is 2. The summed E-state index contributed by atoms with van der Waals surface area (Å²) in [6, 6.07) is 14.8. The Morgan fingerprint density at radius 2 is 1.66 bits per heavy atom. The van der Waals surface area contributed by atoms with Gasteiger partial charge in [0.2, 0.25) is 5.91 Å². The third-order valence-corrected chi connectivity index (χ3v) is 4.82. The summed E-state index contributed by atoms with van der Waals surface area (Å²) in [5.41, 5.74) is 3.03. The normalized spacial score (nSPS) is 10.8. The highest BCUT2D eigenvalue weighted by Gasteiger charge is 2.13. The zero-order valence-electron chi connectivity index (χ0n) is 16.8. The van der Waals surface area contributed by atoms with E-state index in [4.69, 9.17) is 0 Å². The number of aryl methyl sites for hydroxylation is 2. The topological polar surface area (TPSA) is 85.1 Å². The molecule has 0 saturated carbocycles. The molecule has 0 aliphatic carbocycles. The number of nitrogens with one attached hydrogen (secondary N) is 2. The lowest BCUT2D eigenvalue weighted by atomic mass is 10.1. The fraction of sp³-hybridized carbons (Fsp3) is 0.318. The van der Waals surface area contributed by atoms with Gasteiger partial charge in [-0.1, -0.05) is 24.3 Å². The maximum atomic E-state index is 12.6. The molecule has 0 atom stereocenters. The largest absolute Gasteiger partial charge is 0.352 e. The third kappa shape index (κ3) is 4.56. The summed E-state index contributed by atoms with van der Waals surface area (Å²) >= 11 is 0. The lowest BCUT2D eigenvalue weighted by Gasteiger charge is -2.08. The Morgan fingerprint density at radius 3 is 2.34 bits per heavy atom. The highest BCUT2D eigenvalue weighted by atomic mass is 16.2. The number of benzene rings is 2. The van der Waals surface area contributed by atoms with Crippen LogP contribution in [0.5, 0.6) is 0 Å². The molecule has 0 saturated heterocycles. The van der Waals surface area contributed by atoms with Gasteiger partial charge in [0.05, 0.1) is 11.0 Å². The highest BCUT2D eigenvalue weighted by Crippen LogP contribution is 2.13. The van der Waals surface area contributed by atoms with E-state index in [0.717, 1.165) is 16.6 Å². The molecular weight excluding hydrogens is 368 g/mol. The van der Waals surface area contributed by atoms with Crippen molar-refractivity contribution >= 4 is 22.8 Å². The molecule has 0 unspecified atom stereocenters. The Kier molecular flexibility index (Phi) is 6.49. The van der Waals surface area contributed by atoms with Crippen molar-refractivity contribution in [3.05, 3.63) is 70.1 Å². The van der Waals surface area contributed by atoms with Crippen molar-refractivity contribution in [2.45, 2.75) is 39.9 Å². The summed E-state index contributed by atoms with van der Waals surface area (Å²) in [4.78, 5) is 36.9. The molecule has 2 amide bonds. The van der Waals surface area contributed by atoms with Gasteiger partial charge in [0.25, 0.3) is 5.91 Å². The molecule has 0 fully saturated rings. The van der Waals surface area contributed by atoms with E-state index < -0.39 is 0 Å². The van der Waals surface area contributed by atoms with Gasteiger partial charge in [-0.2, -0.15) is 0 Å². The summed E-state index contributed by atoms with van der Waals surface area (Å²) in [6.07, 6.45) is 0.202. The van der Waals surface area contributed by atoms with Crippen molar-refractivity contribution in [2.75, 3.05) is 6.54 Å². The quantitative estimate of drug-likeness (QED) is 0.615. The number of imidazole rings is 1. The first-order chi connectivity index (χ1) is 14.0. The van der Waals surface area contributed by atoms with Gasteiger partial charge in [-0.05, 0) is 43.7 Å². The molecule has 0 spiro atoms. The van der Waals surface area contributed by atoms with Crippen LogP contribution >= 0.6 is 0 Å². The van der Waals surface area contributed by atoms with Crippen LogP contribution in [0.1, 0.15) is 36.2 Å². The molecular formula is C22H26N4O3. The molecule has 0 bridgehead atoms. The van der Waals surface area contributed by atoms with Gasteiger partial charge in [-0.15, -0.1) is 0 Å². The van der Waals surface area contributed by atoms with E-state index in [2.05, 4.69) is 10.6 Å². The minimum absolute atomic E-state index is 0.101. The summed E-state index contributed by atoms with van der Waals surface area (Å²) in [7, 11) is 0. The Labute approximate surface area is 169 Å². The molecule has 29 heavy (non-hydrogen) atoms. The predicted molar refractivity (Wildman–Crippen MR) is 113 cm³/mol. The molecule has 152 valence electrons. The second-order valence-electron chi connectivity index (χ2n) is 6.75. The number of para-hydroxylation sites is 2. The first-order valence-corrected chi connectivity index (χ1v) is 9.87. The van der Waals surface area contributed by atoms with Crippen LogP contribution in [0.15, 0.2) is 53.3 Å². The summed E-state index contributed by atoms with van der Waals surface area (Å²) < 4.78 is 3.36. The van der Waals surface area contributed by atoms with Gasteiger partial charge in [0.15, 0.2) is 0 Å². The van der Waals surface area contributed by atoms with E-state index >= 15 is 0 Å². The highest BCUT2D eigenvalue weighted by molar-refractivity contribution is 5.94. The van der Waals surface area contributed by atoms with E-state index in [0.29, 0.717) is 31.7 Å². The molecule has 1 aromatic heterocycles. The molecule has 3 rings (SSSR count). The minimum atomic E-state index is -0.145. The first-order valence-electron chi connectivity index (χ1n) is 9.87. The average molecular weight is 394 g/mol.